The van der Waals surface area contributed by atoms with Crippen LogP contribution in [0.15, 0.2) is 36.4 Å². The third-order valence-corrected chi connectivity index (χ3v) is 3.67. The van der Waals surface area contributed by atoms with Crippen molar-refractivity contribution in [1.29, 1.82) is 0 Å². The van der Waals surface area contributed by atoms with Gasteiger partial charge in [-0.15, -0.1) is 0 Å². The first-order chi connectivity index (χ1) is 9.45. The summed E-state index contributed by atoms with van der Waals surface area (Å²) in [6, 6.07) is 8.37. The normalized spacial score (nSPS) is 12.4. The van der Waals surface area contributed by atoms with Crippen LogP contribution in [-0.4, -0.2) is 11.2 Å². The number of aliphatic hydroxyl groups is 1. The molecule has 2 rings (SSSR count). The van der Waals surface area contributed by atoms with Crippen LogP contribution in [0.1, 0.15) is 11.1 Å². The lowest BCUT2D eigenvalue weighted by Crippen LogP contribution is -2.15. The molecule has 20 heavy (non-hydrogen) atoms. The summed E-state index contributed by atoms with van der Waals surface area (Å²) in [4.78, 5) is 0. The Kier molecular flexibility index (Phi) is 4.97. The van der Waals surface area contributed by atoms with Gasteiger partial charge in [-0.2, -0.15) is 0 Å². The van der Waals surface area contributed by atoms with Crippen LogP contribution in [0, 0.1) is 11.6 Å². The Balaban J connectivity index is 2.04. The van der Waals surface area contributed by atoms with Crippen molar-refractivity contribution in [2.75, 3.05) is 0 Å². The van der Waals surface area contributed by atoms with E-state index in [4.69, 9.17) is 23.2 Å². The van der Waals surface area contributed by atoms with Crippen LogP contribution in [-0.2, 0) is 12.8 Å². The second-order valence-electron chi connectivity index (χ2n) is 4.55. The molecule has 0 heterocycles. The third kappa shape index (κ3) is 3.92. The van der Waals surface area contributed by atoms with Gasteiger partial charge in [-0.25, -0.2) is 8.78 Å². The van der Waals surface area contributed by atoms with Gasteiger partial charge in [0.25, 0.3) is 0 Å². The van der Waals surface area contributed by atoms with Crippen LogP contribution in [0.5, 0.6) is 0 Å². The fourth-order valence-electron chi connectivity index (χ4n) is 1.95. The highest BCUT2D eigenvalue weighted by molar-refractivity contribution is 6.42. The lowest BCUT2D eigenvalue weighted by molar-refractivity contribution is 0.174. The molecule has 0 saturated carbocycles. The monoisotopic (exact) mass is 316 g/mol. The van der Waals surface area contributed by atoms with E-state index in [2.05, 4.69) is 0 Å². The molecule has 0 bridgehead atoms. The highest BCUT2D eigenvalue weighted by Gasteiger charge is 2.12. The fraction of sp³-hybridized carbons (Fsp3) is 0.200. The molecule has 0 radical (unpaired) electrons. The summed E-state index contributed by atoms with van der Waals surface area (Å²) in [7, 11) is 0. The highest BCUT2D eigenvalue weighted by Crippen LogP contribution is 2.23. The van der Waals surface area contributed by atoms with Gasteiger partial charge in [0.2, 0.25) is 0 Å². The van der Waals surface area contributed by atoms with Crippen LogP contribution >= 0.6 is 23.2 Å². The molecule has 0 aliphatic heterocycles. The zero-order valence-corrected chi connectivity index (χ0v) is 11.9. The van der Waals surface area contributed by atoms with Crippen molar-refractivity contribution in [2.45, 2.75) is 18.9 Å². The number of hydrogen-bond donors (Lipinski definition) is 1. The zero-order chi connectivity index (χ0) is 14.7. The maximum absolute atomic E-state index is 13.5. The van der Waals surface area contributed by atoms with Gasteiger partial charge < -0.3 is 5.11 Å². The molecule has 1 atom stereocenters. The van der Waals surface area contributed by atoms with Gasteiger partial charge in [0, 0.05) is 12.5 Å². The molecular formula is C15H12Cl2F2O. The van der Waals surface area contributed by atoms with E-state index in [0.29, 0.717) is 16.5 Å². The van der Waals surface area contributed by atoms with Crippen LogP contribution in [0.2, 0.25) is 10.0 Å². The van der Waals surface area contributed by atoms with E-state index in [-0.39, 0.29) is 12.0 Å². The van der Waals surface area contributed by atoms with Crippen molar-refractivity contribution in [1.82, 2.24) is 0 Å². The summed E-state index contributed by atoms with van der Waals surface area (Å²) in [5, 5.41) is 10.8. The molecule has 0 amide bonds. The Labute approximate surface area is 125 Å². The van der Waals surface area contributed by atoms with Gasteiger partial charge in [-0.05, 0) is 35.7 Å². The smallest absolute Gasteiger partial charge is 0.129 e. The van der Waals surface area contributed by atoms with E-state index < -0.39 is 17.7 Å². The Hall–Kier alpha value is -1.16. The van der Waals surface area contributed by atoms with Crippen molar-refractivity contribution in [2.24, 2.45) is 0 Å². The Morgan fingerprint density at radius 3 is 2.35 bits per heavy atom. The zero-order valence-electron chi connectivity index (χ0n) is 10.4. The molecule has 0 aromatic heterocycles. The maximum atomic E-state index is 13.5. The molecule has 0 fully saturated rings. The SMILES string of the molecule is OC(Cc1ccc(Cl)c(Cl)c1)Cc1ccc(F)cc1F. The standard InChI is InChI=1S/C15H12Cl2F2O/c16-13-4-1-9(6-14(13)17)5-12(20)7-10-2-3-11(18)8-15(10)19/h1-4,6,8,12,20H,5,7H2. The second kappa shape index (κ2) is 6.53. The van der Waals surface area contributed by atoms with Gasteiger partial charge in [-0.3, -0.25) is 0 Å². The average molecular weight is 317 g/mol. The van der Waals surface area contributed by atoms with Gasteiger partial charge in [0.05, 0.1) is 16.1 Å². The molecule has 0 saturated heterocycles. The molecular weight excluding hydrogens is 305 g/mol. The first kappa shape index (κ1) is 15.2. The number of hydrogen-bond acceptors (Lipinski definition) is 1. The minimum atomic E-state index is -0.785. The summed E-state index contributed by atoms with van der Waals surface area (Å²) in [6.07, 6.45) is -0.368. The number of aliphatic hydroxyl groups excluding tert-OH is 1. The first-order valence-corrected chi connectivity index (χ1v) is 6.77. The molecule has 106 valence electrons. The van der Waals surface area contributed by atoms with E-state index >= 15 is 0 Å². The first-order valence-electron chi connectivity index (χ1n) is 6.01. The van der Waals surface area contributed by atoms with Crippen molar-refractivity contribution < 1.29 is 13.9 Å². The maximum Gasteiger partial charge on any atom is 0.129 e. The summed E-state index contributed by atoms with van der Waals surface area (Å²) in [5.41, 5.74) is 1.08. The predicted octanol–water partition coefficient (Wildman–Crippen LogP) is 4.42. The third-order valence-electron chi connectivity index (χ3n) is 2.93. The minimum absolute atomic E-state index is 0.104. The van der Waals surface area contributed by atoms with E-state index in [0.717, 1.165) is 11.6 Å². The molecule has 5 heteroatoms. The number of rotatable bonds is 4. The molecule has 0 aliphatic rings. The van der Waals surface area contributed by atoms with Gasteiger partial charge in [0.15, 0.2) is 0 Å². The van der Waals surface area contributed by atoms with Crippen molar-refractivity contribution >= 4 is 23.2 Å². The minimum Gasteiger partial charge on any atom is -0.392 e. The average Bonchev–Trinajstić information content (AvgIpc) is 2.37. The molecule has 1 nitrogen and oxygen atoms in total. The fourth-order valence-corrected chi connectivity index (χ4v) is 2.27. The van der Waals surface area contributed by atoms with E-state index in [1.807, 2.05) is 0 Å². The molecule has 2 aromatic rings. The molecule has 0 aliphatic carbocycles. The summed E-state index contributed by atoms with van der Waals surface area (Å²) >= 11 is 11.7. The number of halogens is 4. The molecule has 1 unspecified atom stereocenters. The second-order valence-corrected chi connectivity index (χ2v) is 5.36. The Bertz CT molecular complexity index is 617. The lowest BCUT2D eigenvalue weighted by Gasteiger charge is -2.12. The largest absolute Gasteiger partial charge is 0.392 e. The molecule has 1 N–H and O–H groups in total. The molecule has 2 aromatic carbocycles. The van der Waals surface area contributed by atoms with Crippen molar-refractivity contribution in [3.05, 3.63) is 69.2 Å². The van der Waals surface area contributed by atoms with Gasteiger partial charge >= 0.3 is 0 Å². The summed E-state index contributed by atoms with van der Waals surface area (Å²) < 4.78 is 26.3. The van der Waals surface area contributed by atoms with Crippen molar-refractivity contribution in [3.8, 4) is 0 Å². The van der Waals surface area contributed by atoms with Gasteiger partial charge in [0.1, 0.15) is 11.6 Å². The summed E-state index contributed by atoms with van der Waals surface area (Å²) in [6.45, 7) is 0. The Morgan fingerprint density at radius 2 is 1.70 bits per heavy atom. The number of benzene rings is 2. The lowest BCUT2D eigenvalue weighted by atomic mass is 10.0. The van der Waals surface area contributed by atoms with Crippen LogP contribution in [0.4, 0.5) is 8.78 Å². The summed E-state index contributed by atoms with van der Waals surface area (Å²) in [5.74, 6) is -1.29. The van der Waals surface area contributed by atoms with E-state index in [9.17, 15) is 13.9 Å². The Morgan fingerprint density at radius 1 is 0.950 bits per heavy atom. The van der Waals surface area contributed by atoms with Crippen molar-refractivity contribution in [3.63, 3.8) is 0 Å². The highest BCUT2D eigenvalue weighted by atomic mass is 35.5. The van der Waals surface area contributed by atoms with Gasteiger partial charge in [-0.1, -0.05) is 35.3 Å². The molecule has 0 spiro atoms. The van der Waals surface area contributed by atoms with Crippen LogP contribution in [0.25, 0.3) is 0 Å². The van der Waals surface area contributed by atoms with E-state index in [1.165, 1.54) is 12.1 Å². The predicted molar refractivity (Wildman–Crippen MR) is 76.2 cm³/mol. The van der Waals surface area contributed by atoms with Crippen LogP contribution < -0.4 is 0 Å². The topological polar surface area (TPSA) is 20.2 Å². The quantitative estimate of drug-likeness (QED) is 0.885. The van der Waals surface area contributed by atoms with E-state index in [1.54, 1.807) is 18.2 Å². The van der Waals surface area contributed by atoms with Crippen LogP contribution in [0.3, 0.4) is 0 Å².